The zero-order valence-electron chi connectivity index (χ0n) is 11.7. The number of hydrogen-bond acceptors (Lipinski definition) is 1. The summed E-state index contributed by atoms with van der Waals surface area (Å²) in [7, 11) is -1.48. The Hall–Kier alpha value is -0.603. The van der Waals surface area contributed by atoms with Crippen LogP contribution < -0.4 is 0 Å². The van der Waals surface area contributed by atoms with Gasteiger partial charge in [0.15, 0.2) is 8.32 Å². The quantitative estimate of drug-likeness (QED) is 0.607. The minimum atomic E-state index is -1.48. The van der Waals surface area contributed by atoms with Crippen LogP contribution in [0.25, 0.3) is 0 Å². The second-order valence-corrected chi connectivity index (χ2v) is 9.39. The Morgan fingerprint density at radius 3 is 1.88 bits per heavy atom. The second kappa shape index (κ2) is 6.97. The van der Waals surface area contributed by atoms with Crippen molar-refractivity contribution in [1.82, 2.24) is 0 Å². The fourth-order valence-corrected chi connectivity index (χ4v) is 5.26. The fraction of sp³-hybridized carbons (Fsp3) is 0.600. The molecule has 0 aliphatic carbocycles. The van der Waals surface area contributed by atoms with Crippen LogP contribution >= 0.6 is 0 Å². The van der Waals surface area contributed by atoms with Gasteiger partial charge >= 0.3 is 0 Å². The molecule has 0 saturated heterocycles. The molecule has 96 valence electrons. The highest BCUT2D eigenvalue weighted by molar-refractivity contribution is 6.73. The number of benzene rings is 1. The molecule has 1 atom stereocenters. The van der Waals surface area contributed by atoms with Crippen molar-refractivity contribution in [3.05, 3.63) is 35.9 Å². The number of rotatable bonds is 7. The maximum atomic E-state index is 6.56. The van der Waals surface area contributed by atoms with Crippen LogP contribution in [0, 0.1) is 0 Å². The maximum absolute atomic E-state index is 6.56. The molecule has 0 radical (unpaired) electrons. The zero-order chi connectivity index (χ0) is 12.7. The molecule has 0 heterocycles. The van der Waals surface area contributed by atoms with E-state index < -0.39 is 8.32 Å². The summed E-state index contributed by atoms with van der Waals surface area (Å²) in [6.07, 6.45) is 1.36. The van der Waals surface area contributed by atoms with E-state index in [1.807, 2.05) is 0 Å². The minimum Gasteiger partial charge on any atom is -0.410 e. The summed E-state index contributed by atoms with van der Waals surface area (Å²) in [6.45, 7) is 9.09. The van der Waals surface area contributed by atoms with Gasteiger partial charge in [0.05, 0.1) is 6.10 Å². The SMILES string of the molecule is CCC(O[Si](CC)(CC)CC)c1ccccc1. The second-order valence-electron chi connectivity index (χ2n) is 4.67. The van der Waals surface area contributed by atoms with E-state index in [0.717, 1.165) is 6.42 Å². The standard InChI is InChI=1S/C15H26OSi/c1-5-15(14-12-10-9-11-13-14)16-17(6-2,7-3)8-4/h9-13,15H,5-8H2,1-4H3. The Labute approximate surface area is 107 Å². The molecule has 0 saturated carbocycles. The maximum Gasteiger partial charge on any atom is 0.192 e. The molecule has 1 aromatic carbocycles. The molecule has 1 rings (SSSR count). The Kier molecular flexibility index (Phi) is 5.93. The first-order chi connectivity index (χ1) is 8.21. The molecule has 0 aliphatic rings. The molecule has 1 unspecified atom stereocenters. The summed E-state index contributed by atoms with van der Waals surface area (Å²) >= 11 is 0. The summed E-state index contributed by atoms with van der Waals surface area (Å²) < 4.78 is 6.56. The van der Waals surface area contributed by atoms with E-state index in [1.54, 1.807) is 0 Å². The van der Waals surface area contributed by atoms with E-state index in [4.69, 9.17) is 4.43 Å². The average Bonchev–Trinajstić information content (AvgIpc) is 2.42. The van der Waals surface area contributed by atoms with Crippen molar-refractivity contribution in [2.75, 3.05) is 0 Å². The van der Waals surface area contributed by atoms with Gasteiger partial charge in [0.25, 0.3) is 0 Å². The highest BCUT2D eigenvalue weighted by Crippen LogP contribution is 2.31. The van der Waals surface area contributed by atoms with Gasteiger partial charge in [-0.15, -0.1) is 0 Å². The molecule has 2 heteroatoms. The Balaban J connectivity index is 2.82. The smallest absolute Gasteiger partial charge is 0.192 e. The molecular weight excluding hydrogens is 224 g/mol. The summed E-state index contributed by atoms with van der Waals surface area (Å²) in [5.74, 6) is 0. The van der Waals surface area contributed by atoms with Crippen molar-refractivity contribution < 1.29 is 4.43 Å². The van der Waals surface area contributed by atoms with Crippen molar-refractivity contribution >= 4 is 8.32 Å². The van der Waals surface area contributed by atoms with E-state index in [0.29, 0.717) is 6.10 Å². The first kappa shape index (κ1) is 14.5. The Morgan fingerprint density at radius 1 is 0.941 bits per heavy atom. The lowest BCUT2D eigenvalue weighted by molar-refractivity contribution is 0.185. The van der Waals surface area contributed by atoms with E-state index in [-0.39, 0.29) is 0 Å². The van der Waals surface area contributed by atoms with Crippen molar-refractivity contribution in [2.45, 2.75) is 58.4 Å². The normalized spacial score (nSPS) is 13.6. The van der Waals surface area contributed by atoms with Gasteiger partial charge in [0, 0.05) is 0 Å². The lowest BCUT2D eigenvalue weighted by Crippen LogP contribution is -2.37. The molecule has 0 bridgehead atoms. The highest BCUT2D eigenvalue weighted by atomic mass is 28.4. The predicted molar refractivity (Wildman–Crippen MR) is 77.8 cm³/mol. The zero-order valence-corrected chi connectivity index (χ0v) is 12.7. The van der Waals surface area contributed by atoms with E-state index in [1.165, 1.54) is 23.7 Å². The first-order valence-corrected chi connectivity index (χ1v) is 9.47. The van der Waals surface area contributed by atoms with Crippen LogP contribution in [0.2, 0.25) is 18.1 Å². The average molecular weight is 250 g/mol. The van der Waals surface area contributed by atoms with E-state index >= 15 is 0 Å². The van der Waals surface area contributed by atoms with Gasteiger partial charge in [-0.25, -0.2) is 0 Å². The molecular formula is C15H26OSi. The van der Waals surface area contributed by atoms with Crippen molar-refractivity contribution in [3.63, 3.8) is 0 Å². The van der Waals surface area contributed by atoms with Crippen LogP contribution in [0.3, 0.4) is 0 Å². The lowest BCUT2D eigenvalue weighted by atomic mass is 10.1. The van der Waals surface area contributed by atoms with Crippen LogP contribution in [0.15, 0.2) is 30.3 Å². The van der Waals surface area contributed by atoms with Gasteiger partial charge in [-0.3, -0.25) is 0 Å². The highest BCUT2D eigenvalue weighted by Gasteiger charge is 2.31. The topological polar surface area (TPSA) is 9.23 Å². The summed E-state index contributed by atoms with van der Waals surface area (Å²) in [4.78, 5) is 0. The van der Waals surface area contributed by atoms with E-state index in [2.05, 4.69) is 58.0 Å². The van der Waals surface area contributed by atoms with Gasteiger partial charge in [-0.05, 0) is 30.1 Å². The number of hydrogen-bond donors (Lipinski definition) is 0. The van der Waals surface area contributed by atoms with Gasteiger partial charge < -0.3 is 4.43 Å². The lowest BCUT2D eigenvalue weighted by Gasteiger charge is -2.33. The fourth-order valence-electron chi connectivity index (χ4n) is 2.36. The molecule has 0 aliphatic heterocycles. The third-order valence-electron chi connectivity index (χ3n) is 3.87. The molecule has 1 aromatic rings. The summed E-state index contributed by atoms with van der Waals surface area (Å²) in [5.41, 5.74) is 1.34. The third kappa shape index (κ3) is 3.68. The van der Waals surface area contributed by atoms with Crippen LogP contribution in [-0.2, 0) is 4.43 Å². The van der Waals surface area contributed by atoms with Crippen molar-refractivity contribution in [3.8, 4) is 0 Å². The molecule has 1 nitrogen and oxygen atoms in total. The van der Waals surface area contributed by atoms with Crippen molar-refractivity contribution in [1.29, 1.82) is 0 Å². The summed E-state index contributed by atoms with van der Waals surface area (Å²) in [6, 6.07) is 14.3. The van der Waals surface area contributed by atoms with Gasteiger partial charge in [-0.1, -0.05) is 58.0 Å². The van der Waals surface area contributed by atoms with Gasteiger partial charge in [-0.2, -0.15) is 0 Å². The van der Waals surface area contributed by atoms with Crippen LogP contribution in [-0.4, -0.2) is 8.32 Å². The third-order valence-corrected chi connectivity index (χ3v) is 8.52. The first-order valence-electron chi connectivity index (χ1n) is 6.94. The molecule has 0 amide bonds. The monoisotopic (exact) mass is 250 g/mol. The summed E-state index contributed by atoms with van der Waals surface area (Å²) in [5, 5.41) is 0. The van der Waals surface area contributed by atoms with Crippen LogP contribution in [0.4, 0.5) is 0 Å². The molecule has 17 heavy (non-hydrogen) atoms. The Morgan fingerprint density at radius 2 is 1.47 bits per heavy atom. The van der Waals surface area contributed by atoms with Gasteiger partial charge in [0.2, 0.25) is 0 Å². The Bertz CT molecular complexity index is 298. The minimum absolute atomic E-state index is 0.294. The van der Waals surface area contributed by atoms with E-state index in [9.17, 15) is 0 Å². The molecule has 0 aromatic heterocycles. The van der Waals surface area contributed by atoms with Crippen LogP contribution in [0.1, 0.15) is 45.8 Å². The van der Waals surface area contributed by atoms with Gasteiger partial charge in [0.1, 0.15) is 0 Å². The molecule has 0 N–H and O–H groups in total. The predicted octanol–water partition coefficient (Wildman–Crippen LogP) is 5.16. The van der Waals surface area contributed by atoms with Crippen LogP contribution in [0.5, 0.6) is 0 Å². The largest absolute Gasteiger partial charge is 0.410 e. The molecule has 0 fully saturated rings. The molecule has 0 spiro atoms. The van der Waals surface area contributed by atoms with Crippen molar-refractivity contribution in [2.24, 2.45) is 0 Å².